The van der Waals surface area contributed by atoms with Gasteiger partial charge in [0, 0.05) is 12.2 Å². The van der Waals surface area contributed by atoms with Gasteiger partial charge in [-0.3, -0.25) is 4.90 Å². The number of nitrogens with zero attached hydrogens (tertiary/aromatic N) is 2. The van der Waals surface area contributed by atoms with Gasteiger partial charge in [-0.25, -0.2) is 22.3 Å². The monoisotopic (exact) mass is 428 g/mol. The highest BCUT2D eigenvalue weighted by Crippen LogP contribution is 2.41. The van der Waals surface area contributed by atoms with E-state index in [0.29, 0.717) is 11.3 Å². The van der Waals surface area contributed by atoms with Crippen LogP contribution in [0, 0.1) is 6.92 Å². The van der Waals surface area contributed by atoms with Crippen LogP contribution in [0.3, 0.4) is 0 Å². The second-order valence-corrected chi connectivity index (χ2v) is 8.76. The van der Waals surface area contributed by atoms with Crippen molar-refractivity contribution in [2.75, 3.05) is 13.7 Å². The summed E-state index contributed by atoms with van der Waals surface area (Å²) in [6, 6.07) is 13.0. The summed E-state index contributed by atoms with van der Waals surface area (Å²) < 4.78 is 33.0. The summed E-state index contributed by atoms with van der Waals surface area (Å²) in [5.74, 6) is -0.684. The lowest BCUT2D eigenvalue weighted by molar-refractivity contribution is -0.137. The van der Waals surface area contributed by atoms with Gasteiger partial charge in [0.1, 0.15) is 6.04 Å². The molecule has 1 aliphatic heterocycles. The van der Waals surface area contributed by atoms with Gasteiger partial charge >= 0.3 is 12.0 Å². The fourth-order valence-electron chi connectivity index (χ4n) is 3.58. The van der Waals surface area contributed by atoms with Crippen LogP contribution in [-0.4, -0.2) is 43.3 Å². The Morgan fingerprint density at radius 1 is 1.03 bits per heavy atom. The van der Waals surface area contributed by atoms with Crippen LogP contribution < -0.4 is 0 Å². The van der Waals surface area contributed by atoms with Gasteiger partial charge < -0.3 is 4.74 Å². The Morgan fingerprint density at radius 3 is 2.17 bits per heavy atom. The summed E-state index contributed by atoms with van der Waals surface area (Å²) in [4.78, 5) is 27.4. The van der Waals surface area contributed by atoms with Gasteiger partial charge in [0.15, 0.2) is 0 Å². The number of hydrogen-bond donors (Lipinski definition) is 0. The maximum absolute atomic E-state index is 13.6. The number of sulfonamides is 1. The number of aryl methyl sites for hydroxylation is 1. The molecule has 2 amide bonds. The van der Waals surface area contributed by atoms with Crippen molar-refractivity contribution in [1.29, 1.82) is 0 Å². The van der Waals surface area contributed by atoms with E-state index >= 15 is 0 Å². The van der Waals surface area contributed by atoms with E-state index < -0.39 is 28.1 Å². The highest BCUT2D eigenvalue weighted by atomic mass is 32.2. The maximum Gasteiger partial charge on any atom is 0.339 e. The number of allylic oxidation sites excluding steroid dienone is 1. The molecule has 0 unspecified atom stereocenters. The SMILES string of the molecule is CCN1C(=O)N(S(=O)(=O)c2ccc(C)cc2)[C@@H](c2ccccc2)C(C(=O)OC)=C1C. The summed E-state index contributed by atoms with van der Waals surface area (Å²) in [6.07, 6.45) is 0. The van der Waals surface area contributed by atoms with Crippen molar-refractivity contribution in [3.05, 3.63) is 77.0 Å². The molecule has 7 nitrogen and oxygen atoms in total. The minimum Gasteiger partial charge on any atom is -0.466 e. The van der Waals surface area contributed by atoms with Gasteiger partial charge in [-0.2, -0.15) is 0 Å². The number of carbonyl (C=O) groups excluding carboxylic acids is 2. The average molecular weight is 429 g/mol. The lowest BCUT2D eigenvalue weighted by Crippen LogP contribution is -2.52. The highest BCUT2D eigenvalue weighted by Gasteiger charge is 2.47. The van der Waals surface area contributed by atoms with E-state index in [-0.39, 0.29) is 17.0 Å². The molecule has 0 aromatic heterocycles. The van der Waals surface area contributed by atoms with E-state index in [1.807, 2.05) is 6.92 Å². The minimum atomic E-state index is -4.27. The number of urea groups is 1. The van der Waals surface area contributed by atoms with Crippen LogP contribution in [0.5, 0.6) is 0 Å². The Morgan fingerprint density at radius 2 is 1.63 bits per heavy atom. The third-order valence-corrected chi connectivity index (χ3v) is 6.89. The van der Waals surface area contributed by atoms with E-state index in [9.17, 15) is 18.0 Å². The van der Waals surface area contributed by atoms with Crippen LogP contribution in [0.25, 0.3) is 0 Å². The molecule has 0 radical (unpaired) electrons. The Bertz CT molecular complexity index is 1090. The fourth-order valence-corrected chi connectivity index (χ4v) is 5.09. The standard InChI is InChI=1S/C22H24N2O5S/c1-5-23-16(3)19(21(25)29-4)20(17-9-7-6-8-10-17)24(22(23)26)30(27,28)18-13-11-15(2)12-14-18/h6-14,20H,5H2,1-4H3/t20-/m0/s1. The number of hydrogen-bond acceptors (Lipinski definition) is 5. The molecule has 0 saturated carbocycles. The number of carbonyl (C=O) groups is 2. The number of methoxy groups -OCH3 is 1. The molecule has 0 fully saturated rings. The first-order valence-electron chi connectivity index (χ1n) is 9.50. The zero-order chi connectivity index (χ0) is 22.1. The largest absolute Gasteiger partial charge is 0.466 e. The van der Waals surface area contributed by atoms with Gasteiger partial charge in [0.05, 0.1) is 17.6 Å². The van der Waals surface area contributed by atoms with Crippen molar-refractivity contribution in [2.45, 2.75) is 31.7 Å². The first-order valence-corrected chi connectivity index (χ1v) is 10.9. The molecule has 8 heteroatoms. The molecule has 0 bridgehead atoms. The molecule has 0 spiro atoms. The van der Waals surface area contributed by atoms with Gasteiger partial charge in [-0.1, -0.05) is 48.0 Å². The maximum atomic E-state index is 13.6. The molecule has 0 saturated heterocycles. The molecular formula is C22H24N2O5S. The smallest absolute Gasteiger partial charge is 0.339 e. The van der Waals surface area contributed by atoms with Crippen LogP contribution >= 0.6 is 0 Å². The molecule has 1 heterocycles. The second-order valence-electron chi connectivity index (χ2n) is 6.94. The third-order valence-electron chi connectivity index (χ3n) is 5.14. The van der Waals surface area contributed by atoms with Crippen molar-refractivity contribution in [3.63, 3.8) is 0 Å². The van der Waals surface area contributed by atoms with Crippen LogP contribution in [0.15, 0.2) is 70.8 Å². The van der Waals surface area contributed by atoms with Crippen molar-refractivity contribution in [1.82, 2.24) is 9.21 Å². The molecule has 3 rings (SSSR count). The molecule has 1 atom stereocenters. The summed E-state index contributed by atoms with van der Waals surface area (Å²) >= 11 is 0. The van der Waals surface area contributed by atoms with Crippen LogP contribution in [0.4, 0.5) is 4.79 Å². The Kier molecular flexibility index (Phi) is 5.98. The normalized spacial score (nSPS) is 17.3. The molecule has 0 aliphatic carbocycles. The number of amides is 2. The average Bonchev–Trinajstić information content (AvgIpc) is 2.74. The van der Waals surface area contributed by atoms with Crippen molar-refractivity contribution in [2.24, 2.45) is 0 Å². The van der Waals surface area contributed by atoms with Crippen molar-refractivity contribution >= 4 is 22.0 Å². The van der Waals surface area contributed by atoms with E-state index in [1.165, 1.54) is 24.1 Å². The molecule has 0 N–H and O–H groups in total. The Labute approximate surface area is 176 Å². The van der Waals surface area contributed by atoms with Gasteiger partial charge in [-0.15, -0.1) is 0 Å². The number of esters is 1. The topological polar surface area (TPSA) is 84.0 Å². The summed E-state index contributed by atoms with van der Waals surface area (Å²) in [5.41, 5.74) is 1.87. The van der Waals surface area contributed by atoms with Crippen LogP contribution in [0.2, 0.25) is 0 Å². The van der Waals surface area contributed by atoms with Crippen molar-refractivity contribution < 1.29 is 22.7 Å². The van der Waals surface area contributed by atoms with Crippen LogP contribution in [0.1, 0.15) is 31.0 Å². The molecule has 158 valence electrons. The zero-order valence-electron chi connectivity index (χ0n) is 17.3. The molecule has 2 aromatic carbocycles. The van der Waals surface area contributed by atoms with Crippen LogP contribution in [-0.2, 0) is 19.6 Å². The molecular weight excluding hydrogens is 404 g/mol. The number of rotatable bonds is 5. The lowest BCUT2D eigenvalue weighted by Gasteiger charge is -2.41. The van der Waals surface area contributed by atoms with E-state index in [2.05, 4.69) is 0 Å². The van der Waals surface area contributed by atoms with E-state index in [0.717, 1.165) is 9.87 Å². The fraction of sp³-hybridized carbons (Fsp3) is 0.273. The number of benzene rings is 2. The van der Waals surface area contributed by atoms with Gasteiger partial charge in [0.2, 0.25) is 0 Å². The Hall–Kier alpha value is -3.13. The predicted octanol–water partition coefficient (Wildman–Crippen LogP) is 3.63. The van der Waals surface area contributed by atoms with Crippen molar-refractivity contribution in [3.8, 4) is 0 Å². The molecule has 1 aliphatic rings. The lowest BCUT2D eigenvalue weighted by atomic mass is 9.95. The second kappa shape index (κ2) is 8.31. The molecule has 30 heavy (non-hydrogen) atoms. The van der Waals surface area contributed by atoms with Gasteiger partial charge in [-0.05, 0) is 38.5 Å². The van der Waals surface area contributed by atoms with E-state index in [1.54, 1.807) is 56.3 Å². The first kappa shape index (κ1) is 21.6. The highest BCUT2D eigenvalue weighted by molar-refractivity contribution is 7.89. The number of ether oxygens (including phenoxy) is 1. The quantitative estimate of drug-likeness (QED) is 0.679. The molecule has 2 aromatic rings. The summed E-state index contributed by atoms with van der Waals surface area (Å²) in [6.45, 7) is 5.39. The van der Waals surface area contributed by atoms with E-state index in [4.69, 9.17) is 4.74 Å². The predicted molar refractivity (Wildman–Crippen MR) is 112 cm³/mol. The zero-order valence-corrected chi connectivity index (χ0v) is 18.1. The third kappa shape index (κ3) is 3.59. The summed E-state index contributed by atoms with van der Waals surface area (Å²) in [7, 11) is -3.03. The Balaban J connectivity index is 2.31. The minimum absolute atomic E-state index is 0.0257. The summed E-state index contributed by atoms with van der Waals surface area (Å²) in [5, 5.41) is 0. The first-order chi connectivity index (χ1) is 14.2. The van der Waals surface area contributed by atoms with Gasteiger partial charge in [0.25, 0.3) is 10.0 Å².